The van der Waals surface area contributed by atoms with Gasteiger partial charge in [0.05, 0.1) is 12.4 Å². The molecule has 3 heterocycles. The zero-order chi connectivity index (χ0) is 20.8. The van der Waals surface area contributed by atoms with Crippen molar-refractivity contribution in [1.82, 2.24) is 15.2 Å². The topological polar surface area (TPSA) is 110 Å². The van der Waals surface area contributed by atoms with E-state index in [-0.39, 0.29) is 18.3 Å². The van der Waals surface area contributed by atoms with E-state index in [0.29, 0.717) is 27.0 Å². The van der Waals surface area contributed by atoms with Crippen LogP contribution < -0.4 is 5.32 Å². The van der Waals surface area contributed by atoms with Gasteiger partial charge in [0.15, 0.2) is 0 Å². The molecule has 0 spiro atoms. The van der Waals surface area contributed by atoms with E-state index in [1.165, 1.54) is 23.1 Å². The Balaban J connectivity index is 1.72. The molecule has 8 nitrogen and oxygen atoms in total. The van der Waals surface area contributed by atoms with Crippen LogP contribution in [0, 0.1) is 6.92 Å². The highest BCUT2D eigenvalue weighted by Crippen LogP contribution is 2.37. The lowest BCUT2D eigenvalue weighted by Crippen LogP contribution is -2.16. The van der Waals surface area contributed by atoms with E-state index in [0.717, 1.165) is 24.4 Å². The predicted octanol–water partition coefficient (Wildman–Crippen LogP) is 4.29. The number of carbonyl (C=O) groups excluding carboxylic acids is 2. The molecule has 0 aliphatic heterocycles. The fraction of sp³-hybridized carbons (Fsp3) is 0.368. The summed E-state index contributed by atoms with van der Waals surface area (Å²) in [5.74, 6) is 1.46. The Hall–Kier alpha value is -2.59. The molecule has 3 rings (SSSR count). The highest BCUT2D eigenvalue weighted by Gasteiger charge is 2.24. The van der Waals surface area contributed by atoms with Crippen molar-refractivity contribution in [1.29, 1.82) is 0 Å². The summed E-state index contributed by atoms with van der Waals surface area (Å²) in [4.78, 5) is 29.3. The minimum Gasteiger partial charge on any atom is -0.462 e. The zero-order valence-electron chi connectivity index (χ0n) is 16.4. The van der Waals surface area contributed by atoms with Crippen molar-refractivity contribution in [2.24, 2.45) is 0 Å². The maximum Gasteiger partial charge on any atom is 0.341 e. The summed E-state index contributed by atoms with van der Waals surface area (Å²) < 4.78 is 10.8. The number of amides is 1. The molecule has 0 radical (unpaired) electrons. The molecule has 0 aliphatic rings. The second-order valence-corrected chi connectivity index (χ2v) is 7.96. The first kappa shape index (κ1) is 21.1. The number of nitrogens with one attached hydrogen (secondary N) is 2. The van der Waals surface area contributed by atoms with Gasteiger partial charge in [-0.1, -0.05) is 18.7 Å². The Morgan fingerprint density at radius 2 is 2.17 bits per heavy atom. The van der Waals surface area contributed by atoms with Crippen LogP contribution in [0.3, 0.4) is 0 Å². The van der Waals surface area contributed by atoms with E-state index >= 15 is 0 Å². The van der Waals surface area contributed by atoms with Crippen LogP contribution in [0.5, 0.6) is 0 Å². The molecule has 29 heavy (non-hydrogen) atoms. The van der Waals surface area contributed by atoms with Crippen molar-refractivity contribution in [3.05, 3.63) is 34.7 Å². The van der Waals surface area contributed by atoms with Crippen LogP contribution >= 0.6 is 23.1 Å². The van der Waals surface area contributed by atoms with Gasteiger partial charge in [-0.2, -0.15) is 0 Å². The summed E-state index contributed by atoms with van der Waals surface area (Å²) >= 11 is 2.49. The number of anilines is 1. The number of ether oxygens (including phenoxy) is 1. The van der Waals surface area contributed by atoms with Crippen LogP contribution in [0.25, 0.3) is 11.3 Å². The lowest BCUT2D eigenvalue weighted by molar-refractivity contribution is -0.113. The fourth-order valence-corrected chi connectivity index (χ4v) is 4.17. The molecule has 3 aromatic heterocycles. The number of aryl methyl sites for hydroxylation is 2. The van der Waals surface area contributed by atoms with Crippen molar-refractivity contribution in [2.75, 3.05) is 17.7 Å². The van der Waals surface area contributed by atoms with Gasteiger partial charge < -0.3 is 14.5 Å². The van der Waals surface area contributed by atoms with Crippen LogP contribution in [0.2, 0.25) is 0 Å². The number of esters is 1. The largest absolute Gasteiger partial charge is 0.462 e. The number of thiophene rings is 1. The number of H-pyrrole nitrogens is 1. The van der Waals surface area contributed by atoms with Gasteiger partial charge in [0.1, 0.15) is 27.9 Å². The van der Waals surface area contributed by atoms with E-state index < -0.39 is 5.97 Å². The highest BCUT2D eigenvalue weighted by atomic mass is 32.2. The third-order valence-electron chi connectivity index (χ3n) is 3.86. The van der Waals surface area contributed by atoms with Gasteiger partial charge in [-0.3, -0.25) is 9.89 Å². The molecule has 0 aliphatic carbocycles. The third kappa shape index (κ3) is 5.27. The van der Waals surface area contributed by atoms with E-state index in [2.05, 4.69) is 27.4 Å². The lowest BCUT2D eigenvalue weighted by atomic mass is 10.1. The lowest BCUT2D eigenvalue weighted by Gasteiger charge is -2.07. The van der Waals surface area contributed by atoms with Gasteiger partial charge in [0.2, 0.25) is 11.1 Å². The molecule has 0 fully saturated rings. The normalized spacial score (nSPS) is 10.9. The number of nitrogens with zero attached hydrogens (tertiary/aromatic N) is 2. The SMILES string of the molecule is CCCc1nc(SCC(=O)Nc2scc(-c3ccc(C)o3)c2C(=O)OCC)n[nH]1. The molecule has 10 heteroatoms. The van der Waals surface area contributed by atoms with Gasteiger partial charge >= 0.3 is 5.97 Å². The first-order chi connectivity index (χ1) is 14.0. The second kappa shape index (κ2) is 9.75. The zero-order valence-corrected chi connectivity index (χ0v) is 18.0. The maximum absolute atomic E-state index is 12.5. The Labute approximate surface area is 176 Å². The number of hydrogen-bond acceptors (Lipinski definition) is 8. The Morgan fingerprint density at radius 1 is 1.34 bits per heavy atom. The first-order valence-corrected chi connectivity index (χ1v) is 11.1. The molecule has 2 N–H and O–H groups in total. The van der Waals surface area contributed by atoms with Crippen LogP contribution in [0.4, 0.5) is 5.00 Å². The first-order valence-electron chi connectivity index (χ1n) is 9.21. The Morgan fingerprint density at radius 3 is 2.86 bits per heavy atom. The number of furan rings is 1. The number of thioether (sulfide) groups is 1. The average Bonchev–Trinajstić information content (AvgIpc) is 3.40. The van der Waals surface area contributed by atoms with Crippen molar-refractivity contribution in [3.63, 3.8) is 0 Å². The summed E-state index contributed by atoms with van der Waals surface area (Å²) in [7, 11) is 0. The van der Waals surface area contributed by atoms with Crippen LogP contribution in [-0.2, 0) is 16.0 Å². The average molecular weight is 435 g/mol. The highest BCUT2D eigenvalue weighted by molar-refractivity contribution is 7.99. The molecular formula is C19H22N4O4S2. The Kier molecular flexibility index (Phi) is 7.10. The van der Waals surface area contributed by atoms with Crippen LogP contribution in [0.1, 0.15) is 42.2 Å². The summed E-state index contributed by atoms with van der Waals surface area (Å²) in [6, 6.07) is 3.61. The van der Waals surface area contributed by atoms with Gasteiger partial charge in [-0.25, -0.2) is 9.78 Å². The summed E-state index contributed by atoms with van der Waals surface area (Å²) in [6.45, 7) is 5.86. The number of aromatic nitrogens is 3. The molecule has 3 aromatic rings. The molecule has 1 amide bonds. The summed E-state index contributed by atoms with van der Waals surface area (Å²) in [6.07, 6.45) is 1.78. The van der Waals surface area contributed by atoms with E-state index in [9.17, 15) is 9.59 Å². The second-order valence-electron chi connectivity index (χ2n) is 6.14. The summed E-state index contributed by atoms with van der Waals surface area (Å²) in [5, 5.41) is 12.5. The molecule has 154 valence electrons. The molecule has 0 saturated carbocycles. The predicted molar refractivity (Wildman–Crippen MR) is 112 cm³/mol. The fourth-order valence-electron chi connectivity index (χ4n) is 2.60. The van der Waals surface area contributed by atoms with Crippen LogP contribution in [-0.4, -0.2) is 39.4 Å². The minimum atomic E-state index is -0.501. The Bertz CT molecular complexity index is 992. The van der Waals surface area contributed by atoms with E-state index in [4.69, 9.17) is 9.15 Å². The monoisotopic (exact) mass is 434 g/mol. The minimum absolute atomic E-state index is 0.124. The van der Waals surface area contributed by atoms with Crippen molar-refractivity contribution in [2.45, 2.75) is 38.8 Å². The molecule has 0 bridgehead atoms. The third-order valence-corrected chi connectivity index (χ3v) is 5.60. The van der Waals surface area contributed by atoms with Gasteiger partial charge in [-0.05, 0) is 32.4 Å². The van der Waals surface area contributed by atoms with E-state index in [1.54, 1.807) is 18.4 Å². The van der Waals surface area contributed by atoms with Crippen molar-refractivity contribution in [3.8, 4) is 11.3 Å². The number of rotatable bonds is 9. The molecular weight excluding hydrogens is 412 g/mol. The molecule has 0 saturated heterocycles. The van der Waals surface area contributed by atoms with Gasteiger partial charge in [-0.15, -0.1) is 16.4 Å². The van der Waals surface area contributed by atoms with E-state index in [1.807, 2.05) is 13.0 Å². The quantitative estimate of drug-likeness (QED) is 0.382. The molecule has 0 unspecified atom stereocenters. The summed E-state index contributed by atoms with van der Waals surface area (Å²) in [5.41, 5.74) is 0.898. The molecule has 0 atom stereocenters. The van der Waals surface area contributed by atoms with Crippen molar-refractivity contribution < 1.29 is 18.7 Å². The smallest absolute Gasteiger partial charge is 0.341 e. The number of carbonyl (C=O) groups is 2. The van der Waals surface area contributed by atoms with Crippen LogP contribution in [0.15, 0.2) is 27.1 Å². The number of hydrogen-bond donors (Lipinski definition) is 2. The van der Waals surface area contributed by atoms with Gasteiger partial charge in [0, 0.05) is 17.4 Å². The van der Waals surface area contributed by atoms with Gasteiger partial charge in [0.25, 0.3) is 0 Å². The maximum atomic E-state index is 12.5. The standard InChI is InChI=1S/C19H22N4O4S2/c1-4-6-14-20-19(23-22-14)29-10-15(24)21-17-16(18(25)26-5-2)12(9-28-17)13-8-7-11(3)27-13/h7-9H,4-6,10H2,1-3H3,(H,21,24)(H,20,22,23). The van der Waals surface area contributed by atoms with Crippen molar-refractivity contribution >= 4 is 40.0 Å². The molecule has 0 aromatic carbocycles. The number of aromatic amines is 1.